The van der Waals surface area contributed by atoms with Crippen LogP contribution in [0, 0.1) is 12.7 Å². The zero-order valence-electron chi connectivity index (χ0n) is 10.5. The zero-order chi connectivity index (χ0) is 14.0. The van der Waals surface area contributed by atoms with E-state index in [-0.39, 0.29) is 5.82 Å². The van der Waals surface area contributed by atoms with Gasteiger partial charge in [-0.25, -0.2) is 9.18 Å². The van der Waals surface area contributed by atoms with E-state index in [9.17, 15) is 9.18 Å². The highest BCUT2D eigenvalue weighted by Crippen LogP contribution is 2.30. The zero-order valence-corrected chi connectivity index (χ0v) is 12.1. The number of carbonyl (C=O) groups excluding carboxylic acids is 1. The van der Waals surface area contributed by atoms with Gasteiger partial charge in [-0.1, -0.05) is 27.6 Å². The topological polar surface area (TPSA) is 26.3 Å². The Bertz CT molecular complexity index is 638. The summed E-state index contributed by atoms with van der Waals surface area (Å²) < 4.78 is 19.5. The molecule has 0 aliphatic heterocycles. The van der Waals surface area contributed by atoms with Gasteiger partial charge in [-0.2, -0.15) is 0 Å². The summed E-state index contributed by atoms with van der Waals surface area (Å²) in [7, 11) is 1.31. The van der Waals surface area contributed by atoms with E-state index in [1.807, 2.05) is 6.92 Å². The first-order valence-electron chi connectivity index (χ1n) is 5.67. The predicted molar refractivity (Wildman–Crippen MR) is 75.6 cm³/mol. The van der Waals surface area contributed by atoms with Crippen LogP contribution in [0.3, 0.4) is 0 Å². The summed E-state index contributed by atoms with van der Waals surface area (Å²) in [5.74, 6) is -0.850. The van der Waals surface area contributed by atoms with E-state index in [0.29, 0.717) is 16.7 Å². The van der Waals surface area contributed by atoms with E-state index in [1.54, 1.807) is 30.3 Å². The lowest BCUT2D eigenvalue weighted by molar-refractivity contribution is 0.0601. The Morgan fingerprint density at radius 1 is 1.16 bits per heavy atom. The normalized spacial score (nSPS) is 10.3. The first-order valence-corrected chi connectivity index (χ1v) is 6.46. The first kappa shape index (κ1) is 13.7. The fourth-order valence-electron chi connectivity index (χ4n) is 1.87. The molecule has 0 N–H and O–H groups in total. The van der Waals surface area contributed by atoms with Crippen molar-refractivity contribution in [3.05, 3.63) is 57.8 Å². The molecule has 0 atom stereocenters. The molecule has 0 saturated heterocycles. The van der Waals surface area contributed by atoms with Crippen molar-refractivity contribution in [3.8, 4) is 11.1 Å². The molecule has 2 aromatic carbocycles. The molecule has 0 unspecified atom stereocenters. The van der Waals surface area contributed by atoms with E-state index in [4.69, 9.17) is 4.74 Å². The molecule has 0 aromatic heterocycles. The lowest BCUT2D eigenvalue weighted by atomic mass is 9.98. The van der Waals surface area contributed by atoms with Gasteiger partial charge in [0, 0.05) is 15.6 Å². The Morgan fingerprint density at radius 3 is 2.58 bits per heavy atom. The number of esters is 1. The maximum absolute atomic E-state index is 14.0. The van der Waals surface area contributed by atoms with Gasteiger partial charge in [0.2, 0.25) is 0 Å². The second-order valence-electron chi connectivity index (χ2n) is 4.16. The molecular weight excluding hydrogens is 311 g/mol. The first-order chi connectivity index (χ1) is 9.02. The molecule has 0 aliphatic rings. The quantitative estimate of drug-likeness (QED) is 0.768. The van der Waals surface area contributed by atoms with Crippen LogP contribution in [-0.4, -0.2) is 13.1 Å². The van der Waals surface area contributed by atoms with Crippen LogP contribution in [0.4, 0.5) is 4.39 Å². The van der Waals surface area contributed by atoms with Crippen molar-refractivity contribution in [2.24, 2.45) is 0 Å². The van der Waals surface area contributed by atoms with Crippen LogP contribution in [0.2, 0.25) is 0 Å². The van der Waals surface area contributed by atoms with Gasteiger partial charge < -0.3 is 4.74 Å². The number of aryl methyl sites for hydroxylation is 1. The number of hydrogen-bond acceptors (Lipinski definition) is 2. The Kier molecular flexibility index (Phi) is 4.00. The highest BCUT2D eigenvalue weighted by atomic mass is 79.9. The van der Waals surface area contributed by atoms with Gasteiger partial charge in [0.15, 0.2) is 0 Å². The van der Waals surface area contributed by atoms with Gasteiger partial charge in [-0.3, -0.25) is 0 Å². The summed E-state index contributed by atoms with van der Waals surface area (Å²) in [5, 5.41) is 0. The number of halogens is 2. The number of carbonyl (C=O) groups is 1. The molecule has 98 valence electrons. The third-order valence-electron chi connectivity index (χ3n) is 2.80. The number of hydrogen-bond donors (Lipinski definition) is 0. The number of methoxy groups -OCH3 is 1. The third kappa shape index (κ3) is 2.84. The van der Waals surface area contributed by atoms with Gasteiger partial charge in [0.25, 0.3) is 0 Å². The van der Waals surface area contributed by atoms with Crippen molar-refractivity contribution < 1.29 is 13.9 Å². The third-order valence-corrected chi connectivity index (χ3v) is 3.29. The second kappa shape index (κ2) is 5.53. The van der Waals surface area contributed by atoms with Crippen LogP contribution in [0.25, 0.3) is 11.1 Å². The van der Waals surface area contributed by atoms with Crippen LogP contribution in [-0.2, 0) is 4.74 Å². The fraction of sp³-hybridized carbons (Fsp3) is 0.133. The molecule has 0 aliphatic carbocycles. The van der Waals surface area contributed by atoms with Crippen LogP contribution >= 0.6 is 15.9 Å². The van der Waals surface area contributed by atoms with Gasteiger partial charge in [-0.15, -0.1) is 0 Å². The summed E-state index contributed by atoms with van der Waals surface area (Å²) in [4.78, 5) is 11.8. The van der Waals surface area contributed by atoms with Gasteiger partial charge >= 0.3 is 5.97 Å². The lowest BCUT2D eigenvalue weighted by Crippen LogP contribution is -2.04. The largest absolute Gasteiger partial charge is 0.465 e. The van der Waals surface area contributed by atoms with Crippen molar-refractivity contribution in [1.82, 2.24) is 0 Å². The molecule has 0 bridgehead atoms. The Balaban J connectivity index is 2.69. The molecule has 19 heavy (non-hydrogen) atoms. The van der Waals surface area contributed by atoms with Crippen molar-refractivity contribution in [3.63, 3.8) is 0 Å². The summed E-state index contributed by atoms with van der Waals surface area (Å²) in [5.41, 5.74) is 2.17. The maximum Gasteiger partial charge on any atom is 0.338 e. The highest BCUT2D eigenvalue weighted by Gasteiger charge is 2.16. The molecule has 0 spiro atoms. The highest BCUT2D eigenvalue weighted by molar-refractivity contribution is 9.10. The second-order valence-corrected chi connectivity index (χ2v) is 5.08. The average Bonchev–Trinajstić information content (AvgIpc) is 2.40. The lowest BCUT2D eigenvalue weighted by Gasteiger charge is -2.10. The minimum atomic E-state index is -0.483. The minimum absolute atomic E-state index is 0.343. The molecule has 2 nitrogen and oxygen atoms in total. The predicted octanol–water partition coefficient (Wildman–Crippen LogP) is 4.35. The molecular formula is C15H12BrFO2. The van der Waals surface area contributed by atoms with Gasteiger partial charge in [0.05, 0.1) is 12.7 Å². The summed E-state index contributed by atoms with van der Waals surface area (Å²) >= 11 is 3.33. The molecule has 0 saturated carbocycles. The Morgan fingerprint density at radius 2 is 1.89 bits per heavy atom. The average molecular weight is 323 g/mol. The smallest absolute Gasteiger partial charge is 0.338 e. The Labute approximate surface area is 119 Å². The molecule has 0 fully saturated rings. The molecule has 0 radical (unpaired) electrons. The molecule has 2 rings (SSSR count). The van der Waals surface area contributed by atoms with E-state index in [0.717, 1.165) is 10.0 Å². The number of rotatable bonds is 2. The molecule has 0 amide bonds. The standard InChI is InChI=1S/C15H12BrFO2/c1-9-3-6-14(17)13(7-9)12-8-10(16)4-5-11(12)15(18)19-2/h3-8H,1-2H3. The van der Waals surface area contributed by atoms with Crippen LogP contribution in [0.1, 0.15) is 15.9 Å². The van der Waals surface area contributed by atoms with E-state index in [1.165, 1.54) is 13.2 Å². The van der Waals surface area contributed by atoms with E-state index in [2.05, 4.69) is 15.9 Å². The minimum Gasteiger partial charge on any atom is -0.465 e. The van der Waals surface area contributed by atoms with Crippen molar-refractivity contribution in [2.75, 3.05) is 7.11 Å². The van der Waals surface area contributed by atoms with E-state index < -0.39 is 5.97 Å². The summed E-state index contributed by atoms with van der Waals surface area (Å²) in [6.07, 6.45) is 0. The van der Waals surface area contributed by atoms with Crippen molar-refractivity contribution >= 4 is 21.9 Å². The fourth-order valence-corrected chi connectivity index (χ4v) is 2.23. The summed E-state index contributed by atoms with van der Waals surface area (Å²) in [6.45, 7) is 1.87. The molecule has 0 heterocycles. The van der Waals surface area contributed by atoms with Crippen molar-refractivity contribution in [1.29, 1.82) is 0 Å². The number of ether oxygens (including phenoxy) is 1. The number of benzene rings is 2. The van der Waals surface area contributed by atoms with Gasteiger partial charge in [0.1, 0.15) is 5.82 Å². The van der Waals surface area contributed by atoms with Crippen LogP contribution < -0.4 is 0 Å². The van der Waals surface area contributed by atoms with E-state index >= 15 is 0 Å². The van der Waals surface area contributed by atoms with Crippen LogP contribution in [0.15, 0.2) is 40.9 Å². The maximum atomic E-state index is 14.0. The van der Waals surface area contributed by atoms with Crippen molar-refractivity contribution in [2.45, 2.75) is 6.92 Å². The Hall–Kier alpha value is -1.68. The van der Waals surface area contributed by atoms with Crippen LogP contribution in [0.5, 0.6) is 0 Å². The summed E-state index contributed by atoms with van der Waals surface area (Å²) in [6, 6.07) is 9.85. The molecule has 2 aromatic rings. The van der Waals surface area contributed by atoms with Gasteiger partial charge in [-0.05, 0) is 37.3 Å². The SMILES string of the molecule is COC(=O)c1ccc(Br)cc1-c1cc(C)ccc1F. The monoisotopic (exact) mass is 322 g/mol. The molecule has 4 heteroatoms.